The molecule has 6 heteroatoms. The van der Waals surface area contributed by atoms with E-state index in [9.17, 15) is 4.79 Å². The number of carbonyl (C=O) groups is 1. The lowest BCUT2D eigenvalue weighted by Crippen LogP contribution is -2.14. The maximum absolute atomic E-state index is 12.0. The Balaban J connectivity index is 1.55. The average Bonchev–Trinajstić information content (AvgIpc) is 3.59. The van der Waals surface area contributed by atoms with Gasteiger partial charge in [0.2, 0.25) is 5.91 Å². The van der Waals surface area contributed by atoms with Crippen molar-refractivity contribution < 1.29 is 4.79 Å². The van der Waals surface area contributed by atoms with Crippen LogP contribution >= 0.6 is 0 Å². The highest BCUT2D eigenvalue weighted by molar-refractivity contribution is 5.97. The minimum Gasteiger partial charge on any atom is -0.382 e. The first-order valence-corrected chi connectivity index (χ1v) is 9.24. The van der Waals surface area contributed by atoms with Crippen molar-refractivity contribution in [1.29, 1.82) is 0 Å². The Morgan fingerprint density at radius 1 is 1.19 bits per heavy atom. The standard InChI is InChI=1S/C21H19N5O/c22-20-17-10-16(9-15(19(17)25-26-20)4-3-12-1-2-12)14-7-8-23-18(11-14)24-21(27)13-5-6-13/h7-13H,1-2,5-6H2,(H3,22,25,26)(H,23,24,27). The summed E-state index contributed by atoms with van der Waals surface area (Å²) >= 11 is 0. The quantitative estimate of drug-likeness (QED) is 0.627. The van der Waals surface area contributed by atoms with Crippen molar-refractivity contribution in [2.24, 2.45) is 11.8 Å². The number of nitrogens with zero attached hydrogens (tertiary/aromatic N) is 2. The van der Waals surface area contributed by atoms with Crippen LogP contribution in [0.3, 0.4) is 0 Å². The Hall–Kier alpha value is -3.33. The van der Waals surface area contributed by atoms with Crippen LogP contribution in [-0.2, 0) is 4.79 Å². The van der Waals surface area contributed by atoms with Crippen LogP contribution in [0.2, 0.25) is 0 Å². The smallest absolute Gasteiger partial charge is 0.228 e. The van der Waals surface area contributed by atoms with Gasteiger partial charge in [-0.2, -0.15) is 5.10 Å². The second kappa shape index (κ2) is 6.13. The molecule has 3 aromatic rings. The number of fused-ring (bicyclic) bond motifs is 1. The third-order valence-corrected chi connectivity index (χ3v) is 4.98. The highest BCUT2D eigenvalue weighted by Crippen LogP contribution is 2.32. The Kier molecular flexibility index (Phi) is 3.61. The molecule has 2 aromatic heterocycles. The Morgan fingerprint density at radius 3 is 2.81 bits per heavy atom. The van der Waals surface area contributed by atoms with Crippen molar-refractivity contribution in [3.63, 3.8) is 0 Å². The highest BCUT2D eigenvalue weighted by atomic mass is 16.2. The van der Waals surface area contributed by atoms with E-state index in [1.807, 2.05) is 24.3 Å². The first-order chi connectivity index (χ1) is 13.2. The largest absolute Gasteiger partial charge is 0.382 e. The number of hydrogen-bond acceptors (Lipinski definition) is 4. The summed E-state index contributed by atoms with van der Waals surface area (Å²) in [5, 5.41) is 10.9. The van der Waals surface area contributed by atoms with E-state index in [0.29, 0.717) is 17.6 Å². The van der Waals surface area contributed by atoms with Crippen molar-refractivity contribution >= 4 is 28.4 Å². The molecule has 0 radical (unpaired) electrons. The van der Waals surface area contributed by atoms with Gasteiger partial charge in [-0.05, 0) is 61.1 Å². The molecule has 6 nitrogen and oxygen atoms in total. The maximum Gasteiger partial charge on any atom is 0.228 e. The van der Waals surface area contributed by atoms with Crippen molar-refractivity contribution in [3.8, 4) is 23.0 Å². The number of rotatable bonds is 3. The fraction of sp³-hybridized carbons (Fsp3) is 0.286. The summed E-state index contributed by atoms with van der Waals surface area (Å²) in [6, 6.07) is 7.84. The molecule has 27 heavy (non-hydrogen) atoms. The van der Waals surface area contributed by atoms with Gasteiger partial charge in [-0.25, -0.2) is 4.98 Å². The SMILES string of the molecule is Nc1n[nH]c2c(C#CC3CC3)cc(-c3ccnc(NC(=O)C4CC4)c3)cc12. The topological polar surface area (TPSA) is 96.7 Å². The predicted molar refractivity (Wildman–Crippen MR) is 105 cm³/mol. The monoisotopic (exact) mass is 357 g/mol. The van der Waals surface area contributed by atoms with E-state index in [4.69, 9.17) is 5.73 Å². The molecular weight excluding hydrogens is 338 g/mol. The maximum atomic E-state index is 12.0. The molecule has 0 saturated heterocycles. The Bertz CT molecular complexity index is 1110. The van der Waals surface area contributed by atoms with Gasteiger partial charge in [-0.3, -0.25) is 9.89 Å². The third kappa shape index (κ3) is 3.24. The fourth-order valence-electron chi connectivity index (χ4n) is 3.07. The summed E-state index contributed by atoms with van der Waals surface area (Å²) in [5.41, 5.74) is 9.71. The van der Waals surface area contributed by atoms with Crippen LogP contribution in [0.5, 0.6) is 0 Å². The van der Waals surface area contributed by atoms with Crippen LogP contribution in [-0.4, -0.2) is 21.1 Å². The van der Waals surface area contributed by atoms with E-state index < -0.39 is 0 Å². The number of H-pyrrole nitrogens is 1. The van der Waals surface area contributed by atoms with E-state index >= 15 is 0 Å². The fourth-order valence-corrected chi connectivity index (χ4v) is 3.07. The van der Waals surface area contributed by atoms with Gasteiger partial charge in [0, 0.05) is 23.4 Å². The number of hydrogen-bond donors (Lipinski definition) is 3. The van der Waals surface area contributed by atoms with E-state index in [1.54, 1.807) is 6.20 Å². The molecule has 0 atom stereocenters. The minimum absolute atomic E-state index is 0.0465. The first-order valence-electron chi connectivity index (χ1n) is 9.24. The van der Waals surface area contributed by atoms with Gasteiger partial charge >= 0.3 is 0 Å². The van der Waals surface area contributed by atoms with Crippen LogP contribution in [0.1, 0.15) is 31.2 Å². The lowest BCUT2D eigenvalue weighted by molar-refractivity contribution is -0.117. The van der Waals surface area contributed by atoms with Gasteiger partial charge in [0.1, 0.15) is 5.82 Å². The molecule has 2 aliphatic rings. The molecule has 0 unspecified atom stereocenters. The molecule has 2 aliphatic carbocycles. The van der Waals surface area contributed by atoms with Crippen molar-refractivity contribution in [3.05, 3.63) is 36.0 Å². The van der Waals surface area contributed by atoms with E-state index in [2.05, 4.69) is 32.3 Å². The first kappa shape index (κ1) is 15.9. The van der Waals surface area contributed by atoms with Crippen LogP contribution < -0.4 is 11.1 Å². The second-order valence-electron chi connectivity index (χ2n) is 7.29. The molecule has 2 saturated carbocycles. The highest BCUT2D eigenvalue weighted by Gasteiger charge is 2.29. The van der Waals surface area contributed by atoms with Crippen LogP contribution in [0.15, 0.2) is 30.5 Å². The van der Waals surface area contributed by atoms with Crippen molar-refractivity contribution in [2.75, 3.05) is 11.1 Å². The average molecular weight is 357 g/mol. The number of nitrogen functional groups attached to an aromatic ring is 1. The van der Waals surface area contributed by atoms with Gasteiger partial charge in [0.05, 0.1) is 11.1 Å². The zero-order chi connectivity index (χ0) is 18.4. The van der Waals surface area contributed by atoms with E-state index in [0.717, 1.165) is 40.4 Å². The van der Waals surface area contributed by atoms with Crippen molar-refractivity contribution in [1.82, 2.24) is 15.2 Å². The zero-order valence-corrected chi connectivity index (χ0v) is 14.7. The van der Waals surface area contributed by atoms with Crippen LogP contribution in [0.25, 0.3) is 22.0 Å². The summed E-state index contributed by atoms with van der Waals surface area (Å²) in [5.74, 6) is 8.30. The summed E-state index contributed by atoms with van der Waals surface area (Å²) in [6.07, 6.45) is 5.98. The molecule has 1 amide bonds. The predicted octanol–water partition coefficient (Wildman–Crippen LogP) is 3.32. The van der Waals surface area contributed by atoms with Gasteiger partial charge in [0.15, 0.2) is 5.82 Å². The number of pyridine rings is 1. The Labute approximate surface area is 156 Å². The van der Waals surface area contributed by atoms with Crippen molar-refractivity contribution in [2.45, 2.75) is 25.7 Å². The second-order valence-corrected chi connectivity index (χ2v) is 7.29. The Morgan fingerprint density at radius 2 is 2.04 bits per heavy atom. The van der Waals surface area contributed by atoms with Gasteiger partial charge in [-0.15, -0.1) is 0 Å². The summed E-state index contributed by atoms with van der Waals surface area (Å²) < 4.78 is 0. The third-order valence-electron chi connectivity index (χ3n) is 4.98. The molecular formula is C21H19N5O. The molecule has 4 N–H and O–H groups in total. The van der Waals surface area contributed by atoms with Gasteiger partial charge in [-0.1, -0.05) is 11.8 Å². The minimum atomic E-state index is 0.0465. The van der Waals surface area contributed by atoms with E-state index in [-0.39, 0.29) is 11.8 Å². The molecule has 0 aliphatic heterocycles. The number of amides is 1. The summed E-state index contributed by atoms with van der Waals surface area (Å²) in [7, 11) is 0. The number of aromatic amines is 1. The van der Waals surface area contributed by atoms with Crippen LogP contribution in [0, 0.1) is 23.7 Å². The van der Waals surface area contributed by atoms with Crippen LogP contribution in [0.4, 0.5) is 11.6 Å². The number of aromatic nitrogens is 3. The lowest BCUT2D eigenvalue weighted by Gasteiger charge is -2.08. The van der Waals surface area contributed by atoms with Gasteiger partial charge in [0.25, 0.3) is 0 Å². The van der Waals surface area contributed by atoms with E-state index in [1.165, 1.54) is 12.8 Å². The number of anilines is 2. The molecule has 1 aromatic carbocycles. The number of nitrogens with one attached hydrogen (secondary N) is 2. The molecule has 134 valence electrons. The number of benzene rings is 1. The molecule has 5 rings (SSSR count). The van der Waals surface area contributed by atoms with Gasteiger partial charge < -0.3 is 11.1 Å². The summed E-state index contributed by atoms with van der Waals surface area (Å²) in [6.45, 7) is 0. The molecule has 0 spiro atoms. The molecule has 2 heterocycles. The summed E-state index contributed by atoms with van der Waals surface area (Å²) in [4.78, 5) is 16.3. The molecule has 0 bridgehead atoms. The zero-order valence-electron chi connectivity index (χ0n) is 14.7. The lowest BCUT2D eigenvalue weighted by atomic mass is 10.0. The number of carbonyl (C=O) groups excluding carboxylic acids is 1. The molecule has 2 fully saturated rings. The normalized spacial score (nSPS) is 16.0. The number of nitrogens with two attached hydrogens (primary N) is 1.